The summed E-state index contributed by atoms with van der Waals surface area (Å²) < 4.78 is 23.1. The fourth-order valence-corrected chi connectivity index (χ4v) is 5.38. The van der Waals surface area contributed by atoms with Gasteiger partial charge in [0.05, 0.1) is 23.1 Å². The van der Waals surface area contributed by atoms with E-state index in [0.29, 0.717) is 18.7 Å². The molecule has 0 spiro atoms. The van der Waals surface area contributed by atoms with Crippen LogP contribution in [0.25, 0.3) is 0 Å². The molecule has 3 rings (SSSR count). The van der Waals surface area contributed by atoms with E-state index in [0.717, 1.165) is 16.3 Å². The number of rotatable bonds is 1. The molecule has 2 heterocycles. The lowest BCUT2D eigenvalue weighted by molar-refractivity contribution is -0.121. The first-order chi connectivity index (χ1) is 9.46. The zero-order chi connectivity index (χ0) is 14.3. The third kappa shape index (κ3) is 2.52. The summed E-state index contributed by atoms with van der Waals surface area (Å²) in [7, 11) is -3.04. The number of carbonyl (C=O) groups is 1. The van der Waals surface area contributed by atoms with Crippen LogP contribution in [-0.2, 0) is 14.6 Å². The Labute approximate surface area is 122 Å². The van der Waals surface area contributed by atoms with E-state index < -0.39 is 15.8 Å². The van der Waals surface area contributed by atoms with Crippen molar-refractivity contribution < 1.29 is 13.2 Å². The molecule has 1 amide bonds. The number of benzene rings is 1. The van der Waals surface area contributed by atoms with Gasteiger partial charge in [0.1, 0.15) is 0 Å². The van der Waals surface area contributed by atoms with Gasteiger partial charge in [-0.05, 0) is 24.6 Å². The summed E-state index contributed by atoms with van der Waals surface area (Å²) in [5, 5.41) is 0. The highest BCUT2D eigenvalue weighted by atomic mass is 32.2. The maximum Gasteiger partial charge on any atom is 0.231 e. The molecule has 0 aliphatic carbocycles. The smallest absolute Gasteiger partial charge is 0.231 e. The molecule has 1 atom stereocenters. The van der Waals surface area contributed by atoms with Crippen molar-refractivity contribution >= 4 is 38.9 Å². The number of hydrogen-bond donors (Lipinski definition) is 1. The fourth-order valence-electron chi connectivity index (χ4n) is 2.67. The van der Waals surface area contributed by atoms with E-state index in [1.54, 1.807) is 22.7 Å². The van der Waals surface area contributed by atoms with Crippen LogP contribution in [0.15, 0.2) is 23.1 Å². The topological polar surface area (TPSA) is 80.5 Å². The van der Waals surface area contributed by atoms with Gasteiger partial charge in [-0.2, -0.15) is 0 Å². The number of hydrogen-bond acceptors (Lipinski definition) is 5. The van der Waals surface area contributed by atoms with Crippen LogP contribution in [0.1, 0.15) is 6.42 Å². The van der Waals surface area contributed by atoms with Crippen LogP contribution in [0.4, 0.5) is 11.4 Å². The standard InChI is InChI=1S/C13H16N2O3S2/c14-10-1-2-12-11(7-10)15(4-5-19-12)13(16)9-3-6-20(17,18)8-9/h1-2,7,9H,3-6,8,14H2. The molecule has 1 saturated heterocycles. The molecule has 1 aromatic rings. The highest BCUT2D eigenvalue weighted by Gasteiger charge is 2.37. The Bertz CT molecular complexity index is 658. The number of nitrogen functional groups attached to an aromatic ring is 1. The second kappa shape index (κ2) is 4.96. The Morgan fingerprint density at radius 1 is 1.40 bits per heavy atom. The van der Waals surface area contributed by atoms with Crippen molar-refractivity contribution in [3.8, 4) is 0 Å². The van der Waals surface area contributed by atoms with Gasteiger partial charge in [0.15, 0.2) is 9.84 Å². The van der Waals surface area contributed by atoms with Crippen LogP contribution in [0.2, 0.25) is 0 Å². The summed E-state index contributed by atoms with van der Waals surface area (Å²) >= 11 is 1.69. The number of anilines is 2. The molecular formula is C13H16N2O3S2. The van der Waals surface area contributed by atoms with E-state index in [4.69, 9.17) is 5.73 Å². The number of sulfone groups is 1. The average molecular weight is 312 g/mol. The quantitative estimate of drug-likeness (QED) is 0.787. The second-order valence-electron chi connectivity index (χ2n) is 5.17. The molecule has 0 saturated carbocycles. The SMILES string of the molecule is Nc1ccc2c(c1)N(C(=O)C1CCS(=O)(=O)C1)CCS2. The van der Waals surface area contributed by atoms with Crippen molar-refractivity contribution in [2.45, 2.75) is 11.3 Å². The van der Waals surface area contributed by atoms with Gasteiger partial charge in [-0.25, -0.2) is 8.42 Å². The van der Waals surface area contributed by atoms with Crippen molar-refractivity contribution in [3.63, 3.8) is 0 Å². The minimum atomic E-state index is -3.04. The van der Waals surface area contributed by atoms with Gasteiger partial charge in [-0.15, -0.1) is 11.8 Å². The Kier molecular flexibility index (Phi) is 3.41. The normalized spacial score (nSPS) is 24.4. The van der Waals surface area contributed by atoms with Gasteiger partial charge in [-0.3, -0.25) is 4.79 Å². The van der Waals surface area contributed by atoms with E-state index in [9.17, 15) is 13.2 Å². The van der Waals surface area contributed by atoms with Gasteiger partial charge in [-0.1, -0.05) is 0 Å². The number of amides is 1. The first-order valence-corrected chi connectivity index (χ1v) is 9.31. The largest absolute Gasteiger partial charge is 0.399 e. The molecule has 1 fully saturated rings. The minimum absolute atomic E-state index is 0.0207. The Morgan fingerprint density at radius 3 is 2.90 bits per heavy atom. The van der Waals surface area contributed by atoms with Crippen LogP contribution in [-0.4, -0.2) is 38.1 Å². The third-order valence-corrected chi connectivity index (χ3v) is 6.50. The van der Waals surface area contributed by atoms with Crippen molar-refractivity contribution in [2.24, 2.45) is 5.92 Å². The predicted octanol–water partition coefficient (Wildman–Crippen LogP) is 1.14. The van der Waals surface area contributed by atoms with Crippen molar-refractivity contribution in [1.82, 2.24) is 0 Å². The van der Waals surface area contributed by atoms with E-state index in [1.807, 2.05) is 12.1 Å². The number of carbonyl (C=O) groups excluding carboxylic acids is 1. The third-order valence-electron chi connectivity index (χ3n) is 3.69. The lowest BCUT2D eigenvalue weighted by Gasteiger charge is -2.31. The zero-order valence-electron chi connectivity index (χ0n) is 10.9. The van der Waals surface area contributed by atoms with Gasteiger partial charge in [0.2, 0.25) is 5.91 Å². The number of nitrogens with two attached hydrogens (primary N) is 1. The van der Waals surface area contributed by atoms with E-state index in [1.165, 1.54) is 0 Å². The summed E-state index contributed by atoms with van der Waals surface area (Å²) in [5.74, 6) is 0.431. The summed E-state index contributed by atoms with van der Waals surface area (Å²) in [5.41, 5.74) is 7.23. The van der Waals surface area contributed by atoms with E-state index >= 15 is 0 Å². The lowest BCUT2D eigenvalue weighted by atomic mass is 10.1. The van der Waals surface area contributed by atoms with Crippen molar-refractivity contribution in [1.29, 1.82) is 0 Å². The minimum Gasteiger partial charge on any atom is -0.399 e. The summed E-state index contributed by atoms with van der Waals surface area (Å²) in [4.78, 5) is 15.3. The molecule has 0 bridgehead atoms. The summed E-state index contributed by atoms with van der Waals surface area (Å²) in [6, 6.07) is 5.53. The van der Waals surface area contributed by atoms with Gasteiger partial charge < -0.3 is 10.6 Å². The van der Waals surface area contributed by atoms with Crippen molar-refractivity contribution in [2.75, 3.05) is 34.4 Å². The Hall–Kier alpha value is -1.21. The predicted molar refractivity (Wildman–Crippen MR) is 80.7 cm³/mol. The average Bonchev–Trinajstić information content (AvgIpc) is 2.77. The molecule has 1 aromatic carbocycles. The molecule has 2 N–H and O–H groups in total. The maximum absolute atomic E-state index is 12.6. The van der Waals surface area contributed by atoms with Crippen LogP contribution in [0.5, 0.6) is 0 Å². The molecule has 2 aliphatic heterocycles. The molecule has 5 nitrogen and oxygen atoms in total. The van der Waals surface area contributed by atoms with Crippen LogP contribution >= 0.6 is 11.8 Å². The second-order valence-corrected chi connectivity index (χ2v) is 8.53. The van der Waals surface area contributed by atoms with E-state index in [-0.39, 0.29) is 17.4 Å². The number of thioether (sulfide) groups is 1. The molecule has 0 aromatic heterocycles. The van der Waals surface area contributed by atoms with Crippen molar-refractivity contribution in [3.05, 3.63) is 18.2 Å². The summed E-state index contributed by atoms with van der Waals surface area (Å²) in [6.45, 7) is 0.608. The first kappa shape index (κ1) is 13.8. The highest BCUT2D eigenvalue weighted by molar-refractivity contribution is 7.99. The Morgan fingerprint density at radius 2 is 2.20 bits per heavy atom. The molecule has 0 radical (unpaired) electrons. The van der Waals surface area contributed by atoms with Crippen LogP contribution in [0, 0.1) is 5.92 Å². The number of nitrogens with zero attached hydrogens (tertiary/aromatic N) is 1. The molecule has 2 aliphatic rings. The fraction of sp³-hybridized carbons (Fsp3) is 0.462. The van der Waals surface area contributed by atoms with Crippen LogP contribution < -0.4 is 10.6 Å². The molecule has 108 valence electrons. The Balaban J connectivity index is 1.89. The number of fused-ring (bicyclic) bond motifs is 1. The molecule has 7 heteroatoms. The molecule has 20 heavy (non-hydrogen) atoms. The van der Waals surface area contributed by atoms with Crippen LogP contribution in [0.3, 0.4) is 0 Å². The zero-order valence-corrected chi connectivity index (χ0v) is 12.5. The van der Waals surface area contributed by atoms with Gasteiger partial charge >= 0.3 is 0 Å². The lowest BCUT2D eigenvalue weighted by Crippen LogP contribution is -2.40. The highest BCUT2D eigenvalue weighted by Crippen LogP contribution is 2.37. The van der Waals surface area contributed by atoms with Gasteiger partial charge in [0.25, 0.3) is 0 Å². The van der Waals surface area contributed by atoms with Gasteiger partial charge in [0, 0.05) is 22.9 Å². The van der Waals surface area contributed by atoms with E-state index in [2.05, 4.69) is 0 Å². The monoisotopic (exact) mass is 312 g/mol. The summed E-state index contributed by atoms with van der Waals surface area (Å²) in [6.07, 6.45) is 0.433. The molecule has 1 unspecified atom stereocenters. The first-order valence-electron chi connectivity index (χ1n) is 6.50. The maximum atomic E-state index is 12.6. The molecular weight excluding hydrogens is 296 g/mol.